The van der Waals surface area contributed by atoms with Gasteiger partial charge >= 0.3 is 0 Å². The smallest absolute Gasteiger partial charge is 0.225 e. The van der Waals surface area contributed by atoms with Crippen LogP contribution in [0.3, 0.4) is 0 Å². The summed E-state index contributed by atoms with van der Waals surface area (Å²) >= 11 is 0. The highest BCUT2D eigenvalue weighted by Crippen LogP contribution is 2.15. The molecule has 5 heteroatoms. The average Bonchev–Trinajstić information content (AvgIpc) is 2.56. The van der Waals surface area contributed by atoms with Crippen LogP contribution in [0, 0.1) is 0 Å². The third-order valence-electron chi connectivity index (χ3n) is 4.20. The molecule has 5 nitrogen and oxygen atoms in total. The minimum Gasteiger partial charge on any atom is -0.387 e. The molecule has 2 atom stereocenters. The van der Waals surface area contributed by atoms with Crippen LogP contribution in [0.4, 0.5) is 0 Å². The van der Waals surface area contributed by atoms with Crippen molar-refractivity contribution in [2.45, 2.75) is 25.6 Å². The topological polar surface area (TPSA) is 53.0 Å². The van der Waals surface area contributed by atoms with E-state index < -0.39 is 6.10 Å². The van der Waals surface area contributed by atoms with Gasteiger partial charge < -0.3 is 14.7 Å². The number of β-amino-alcohol motifs (C(OH)–C–C–N with tert-alkyl or cyclic N) is 1. The van der Waals surface area contributed by atoms with E-state index in [9.17, 15) is 9.90 Å². The van der Waals surface area contributed by atoms with Gasteiger partial charge in [-0.25, -0.2) is 0 Å². The van der Waals surface area contributed by atoms with E-state index in [-0.39, 0.29) is 12.0 Å². The van der Waals surface area contributed by atoms with E-state index in [1.807, 2.05) is 42.2 Å². The van der Waals surface area contributed by atoms with Crippen LogP contribution in [0.1, 0.15) is 25.0 Å². The molecule has 122 valence electrons. The summed E-state index contributed by atoms with van der Waals surface area (Å²) < 4.78 is 5.14. The predicted octanol–water partition coefficient (Wildman–Crippen LogP) is 1.29. The van der Waals surface area contributed by atoms with Crippen molar-refractivity contribution in [3.8, 4) is 0 Å². The zero-order chi connectivity index (χ0) is 15.9. The van der Waals surface area contributed by atoms with Gasteiger partial charge in [-0.2, -0.15) is 0 Å². The summed E-state index contributed by atoms with van der Waals surface area (Å²) in [6, 6.07) is 9.70. The Labute approximate surface area is 132 Å². The van der Waals surface area contributed by atoms with Gasteiger partial charge in [0.05, 0.1) is 18.6 Å². The van der Waals surface area contributed by atoms with E-state index in [4.69, 9.17) is 4.74 Å². The van der Waals surface area contributed by atoms with E-state index in [1.165, 1.54) is 0 Å². The van der Waals surface area contributed by atoms with Crippen LogP contribution in [0.2, 0.25) is 0 Å². The van der Waals surface area contributed by atoms with Crippen molar-refractivity contribution in [2.24, 2.45) is 0 Å². The summed E-state index contributed by atoms with van der Waals surface area (Å²) in [4.78, 5) is 16.2. The third-order valence-corrected chi connectivity index (χ3v) is 4.20. The van der Waals surface area contributed by atoms with Gasteiger partial charge in [-0.05, 0) is 12.5 Å². The maximum atomic E-state index is 12.1. The van der Waals surface area contributed by atoms with Gasteiger partial charge in [0.2, 0.25) is 5.91 Å². The van der Waals surface area contributed by atoms with Gasteiger partial charge in [-0.3, -0.25) is 9.69 Å². The van der Waals surface area contributed by atoms with Crippen molar-refractivity contribution in [2.75, 3.05) is 39.8 Å². The van der Waals surface area contributed by atoms with Crippen LogP contribution in [-0.4, -0.2) is 66.8 Å². The average molecular weight is 306 g/mol. The van der Waals surface area contributed by atoms with E-state index in [0.717, 1.165) is 31.7 Å². The Kier molecular flexibility index (Phi) is 6.36. The molecule has 22 heavy (non-hydrogen) atoms. The second-order valence-corrected chi connectivity index (χ2v) is 5.86. The third kappa shape index (κ3) is 4.80. The highest BCUT2D eigenvalue weighted by atomic mass is 16.5. The van der Waals surface area contributed by atoms with E-state index >= 15 is 0 Å². The molecule has 1 aliphatic rings. The first kappa shape index (κ1) is 16.9. The van der Waals surface area contributed by atoms with Crippen molar-refractivity contribution < 1.29 is 14.6 Å². The van der Waals surface area contributed by atoms with Crippen molar-refractivity contribution in [1.82, 2.24) is 9.80 Å². The van der Waals surface area contributed by atoms with Crippen molar-refractivity contribution >= 4 is 5.91 Å². The molecule has 1 amide bonds. The summed E-state index contributed by atoms with van der Waals surface area (Å²) in [5, 5.41) is 10.3. The van der Waals surface area contributed by atoms with Crippen molar-refractivity contribution in [3.05, 3.63) is 35.9 Å². The van der Waals surface area contributed by atoms with Gasteiger partial charge in [0.1, 0.15) is 0 Å². The van der Waals surface area contributed by atoms with Gasteiger partial charge in [0.15, 0.2) is 0 Å². The molecule has 0 aliphatic carbocycles. The van der Waals surface area contributed by atoms with Crippen LogP contribution in [0.5, 0.6) is 0 Å². The molecule has 1 aliphatic heterocycles. The SMILES string of the molecule is CO[C@H](C)CC(=O)N1CCN(C[C@@H](O)c2ccccc2)CC1. The van der Waals surface area contributed by atoms with Crippen LogP contribution in [0.15, 0.2) is 30.3 Å². The monoisotopic (exact) mass is 306 g/mol. The standard InChI is InChI=1S/C17H26N2O3/c1-14(22-2)12-17(21)19-10-8-18(9-11-19)13-16(20)15-6-4-3-5-7-15/h3-7,14,16,20H,8-13H2,1-2H3/t14-,16-/m1/s1. The number of aliphatic hydroxyl groups is 1. The van der Waals surface area contributed by atoms with E-state index in [2.05, 4.69) is 4.90 Å². The number of ether oxygens (including phenoxy) is 1. The normalized spacial score (nSPS) is 19.0. The summed E-state index contributed by atoms with van der Waals surface area (Å²) in [6.07, 6.45) is -0.0780. The molecule has 1 saturated heterocycles. The maximum Gasteiger partial charge on any atom is 0.225 e. The fraction of sp³-hybridized carbons (Fsp3) is 0.588. The van der Waals surface area contributed by atoms with Gasteiger partial charge in [-0.15, -0.1) is 0 Å². The first-order valence-corrected chi connectivity index (χ1v) is 7.86. The fourth-order valence-electron chi connectivity index (χ4n) is 2.66. The molecule has 1 aromatic rings. The minimum absolute atomic E-state index is 0.0366. The number of piperazine rings is 1. The number of methoxy groups -OCH3 is 1. The number of carbonyl (C=O) groups is 1. The van der Waals surface area contributed by atoms with Crippen LogP contribution >= 0.6 is 0 Å². The number of benzene rings is 1. The molecule has 1 fully saturated rings. The molecular weight excluding hydrogens is 280 g/mol. The lowest BCUT2D eigenvalue weighted by atomic mass is 10.1. The van der Waals surface area contributed by atoms with Crippen LogP contribution in [-0.2, 0) is 9.53 Å². The summed E-state index contributed by atoms with van der Waals surface area (Å²) in [6.45, 7) is 5.56. The number of hydrogen-bond acceptors (Lipinski definition) is 4. The molecule has 0 spiro atoms. The summed E-state index contributed by atoms with van der Waals surface area (Å²) in [5.74, 6) is 0.151. The van der Waals surface area contributed by atoms with Crippen molar-refractivity contribution in [1.29, 1.82) is 0 Å². The number of hydrogen-bond donors (Lipinski definition) is 1. The second kappa shape index (κ2) is 8.27. The number of carbonyl (C=O) groups excluding carboxylic acids is 1. The largest absolute Gasteiger partial charge is 0.387 e. The van der Waals surface area contributed by atoms with E-state index in [1.54, 1.807) is 7.11 Å². The molecule has 0 unspecified atom stereocenters. The number of nitrogens with zero attached hydrogens (tertiary/aromatic N) is 2. The van der Waals surface area contributed by atoms with E-state index in [0.29, 0.717) is 13.0 Å². The van der Waals surface area contributed by atoms with Gasteiger partial charge in [0, 0.05) is 39.8 Å². The maximum absolute atomic E-state index is 12.1. The fourth-order valence-corrected chi connectivity index (χ4v) is 2.66. The number of aliphatic hydroxyl groups excluding tert-OH is 1. The summed E-state index contributed by atoms with van der Waals surface area (Å²) in [5.41, 5.74) is 0.940. The molecule has 2 rings (SSSR count). The van der Waals surface area contributed by atoms with Crippen molar-refractivity contribution in [3.63, 3.8) is 0 Å². The highest BCUT2D eigenvalue weighted by Gasteiger charge is 2.23. The lowest BCUT2D eigenvalue weighted by molar-refractivity contribution is -0.135. The van der Waals surface area contributed by atoms with Crippen LogP contribution in [0.25, 0.3) is 0 Å². The highest BCUT2D eigenvalue weighted by molar-refractivity contribution is 5.76. The molecular formula is C17H26N2O3. The minimum atomic E-state index is -0.475. The Morgan fingerprint density at radius 3 is 2.45 bits per heavy atom. The van der Waals surface area contributed by atoms with Gasteiger partial charge in [-0.1, -0.05) is 30.3 Å². The Morgan fingerprint density at radius 2 is 1.86 bits per heavy atom. The Hall–Kier alpha value is -1.43. The lowest BCUT2D eigenvalue weighted by Crippen LogP contribution is -2.50. The molecule has 0 radical (unpaired) electrons. The first-order valence-electron chi connectivity index (χ1n) is 7.86. The van der Waals surface area contributed by atoms with Crippen LogP contribution < -0.4 is 0 Å². The Morgan fingerprint density at radius 1 is 1.23 bits per heavy atom. The zero-order valence-electron chi connectivity index (χ0n) is 13.4. The number of rotatable bonds is 6. The summed E-state index contributed by atoms with van der Waals surface area (Å²) in [7, 11) is 1.63. The Balaban J connectivity index is 1.76. The first-order chi connectivity index (χ1) is 10.6. The number of amides is 1. The zero-order valence-corrected chi connectivity index (χ0v) is 13.4. The molecule has 1 heterocycles. The lowest BCUT2D eigenvalue weighted by Gasteiger charge is -2.36. The quantitative estimate of drug-likeness (QED) is 0.860. The molecule has 1 N–H and O–H groups in total. The molecule has 0 aromatic heterocycles. The molecule has 0 bridgehead atoms. The molecule has 0 saturated carbocycles. The van der Waals surface area contributed by atoms with Gasteiger partial charge in [0.25, 0.3) is 0 Å². The molecule has 1 aromatic carbocycles. The Bertz CT molecular complexity index is 458. The second-order valence-electron chi connectivity index (χ2n) is 5.86. The predicted molar refractivity (Wildman–Crippen MR) is 85.5 cm³/mol.